The second kappa shape index (κ2) is 9.86. The highest BCUT2D eigenvalue weighted by molar-refractivity contribution is 5.91. The number of carbonyl (C=O) groups is 1. The van der Waals surface area contributed by atoms with E-state index in [-0.39, 0.29) is 12.1 Å². The summed E-state index contributed by atoms with van der Waals surface area (Å²) in [6, 6.07) is 18.9. The summed E-state index contributed by atoms with van der Waals surface area (Å²) in [5.74, 6) is 0.351. The molecule has 31 heavy (non-hydrogen) atoms. The Balaban J connectivity index is 1.84. The molecule has 0 unspecified atom stereocenters. The summed E-state index contributed by atoms with van der Waals surface area (Å²) in [5, 5.41) is 3.18. The van der Waals surface area contributed by atoms with E-state index in [4.69, 9.17) is 0 Å². The summed E-state index contributed by atoms with van der Waals surface area (Å²) in [7, 11) is 0. The Morgan fingerprint density at radius 3 is 2.29 bits per heavy atom. The zero-order valence-corrected chi connectivity index (χ0v) is 19.6. The molecular formula is C27H35N3O. The lowest BCUT2D eigenvalue weighted by molar-refractivity contribution is 0.168. The monoisotopic (exact) mass is 417 g/mol. The Kier molecular flexibility index (Phi) is 7.21. The second-order valence-corrected chi connectivity index (χ2v) is 8.93. The van der Waals surface area contributed by atoms with E-state index in [1.807, 2.05) is 36.9 Å². The van der Waals surface area contributed by atoms with Gasteiger partial charge in [-0.15, -0.1) is 0 Å². The molecule has 0 saturated heterocycles. The summed E-state index contributed by atoms with van der Waals surface area (Å²) in [4.78, 5) is 15.4. The Labute approximate surface area is 186 Å². The van der Waals surface area contributed by atoms with Gasteiger partial charge < -0.3 is 14.8 Å². The van der Waals surface area contributed by atoms with Gasteiger partial charge in [0.25, 0.3) is 0 Å². The van der Waals surface area contributed by atoms with E-state index in [0.717, 1.165) is 29.1 Å². The van der Waals surface area contributed by atoms with Crippen molar-refractivity contribution >= 4 is 11.7 Å². The number of carbonyl (C=O) groups excluding carboxylic acids is 1. The van der Waals surface area contributed by atoms with Crippen molar-refractivity contribution in [2.45, 2.75) is 60.7 Å². The van der Waals surface area contributed by atoms with Crippen LogP contribution in [0.15, 0.2) is 60.8 Å². The first kappa shape index (κ1) is 22.7. The smallest absolute Gasteiger partial charge is 0.322 e. The van der Waals surface area contributed by atoms with Crippen LogP contribution in [0.1, 0.15) is 48.7 Å². The van der Waals surface area contributed by atoms with Crippen LogP contribution >= 0.6 is 0 Å². The molecule has 4 heteroatoms. The molecule has 2 amide bonds. The summed E-state index contributed by atoms with van der Waals surface area (Å²) in [5.41, 5.74) is 6.71. The molecule has 0 aliphatic heterocycles. The van der Waals surface area contributed by atoms with Gasteiger partial charge in [0.1, 0.15) is 0 Å². The molecule has 3 aromatic rings. The summed E-state index contributed by atoms with van der Waals surface area (Å²) >= 11 is 0. The van der Waals surface area contributed by atoms with Crippen LogP contribution in [0.3, 0.4) is 0 Å². The molecule has 3 rings (SSSR count). The summed E-state index contributed by atoms with van der Waals surface area (Å²) in [6.45, 7) is 14.0. The number of rotatable bonds is 7. The maximum absolute atomic E-state index is 13.4. The normalized spacial score (nSPS) is 12.1. The average molecular weight is 418 g/mol. The molecule has 0 saturated carbocycles. The fraction of sp³-hybridized carbons (Fsp3) is 0.370. The SMILES string of the molecule is Cc1cccc(Cn2cccc2CN(C(=O)Nc2c(C)cccc2C)[C@@H](C)C(C)C)c1. The molecule has 0 bridgehead atoms. The molecule has 0 fully saturated rings. The molecule has 0 aliphatic carbocycles. The number of nitrogens with zero attached hydrogens (tertiary/aromatic N) is 2. The van der Waals surface area contributed by atoms with Crippen molar-refractivity contribution in [3.05, 3.63) is 88.7 Å². The average Bonchev–Trinajstić information content (AvgIpc) is 3.15. The maximum Gasteiger partial charge on any atom is 0.322 e. The Morgan fingerprint density at radius 1 is 0.968 bits per heavy atom. The van der Waals surface area contributed by atoms with E-state index < -0.39 is 0 Å². The van der Waals surface area contributed by atoms with E-state index in [1.54, 1.807) is 0 Å². The van der Waals surface area contributed by atoms with E-state index >= 15 is 0 Å². The molecule has 0 aliphatic rings. The molecule has 1 atom stereocenters. The van der Waals surface area contributed by atoms with Crippen LogP contribution in [0.5, 0.6) is 0 Å². The number of hydrogen-bond donors (Lipinski definition) is 1. The molecule has 1 N–H and O–H groups in total. The number of aromatic nitrogens is 1. The van der Waals surface area contributed by atoms with Gasteiger partial charge in [0.15, 0.2) is 0 Å². The molecule has 164 valence electrons. The highest BCUT2D eigenvalue weighted by Gasteiger charge is 2.24. The zero-order chi connectivity index (χ0) is 22.5. The zero-order valence-electron chi connectivity index (χ0n) is 19.6. The number of para-hydroxylation sites is 1. The van der Waals surface area contributed by atoms with Gasteiger partial charge in [0.2, 0.25) is 0 Å². The van der Waals surface area contributed by atoms with Crippen molar-refractivity contribution in [3.63, 3.8) is 0 Å². The lowest BCUT2D eigenvalue weighted by Gasteiger charge is -2.32. The van der Waals surface area contributed by atoms with Gasteiger partial charge in [0, 0.05) is 30.2 Å². The van der Waals surface area contributed by atoms with Crippen molar-refractivity contribution in [1.29, 1.82) is 0 Å². The van der Waals surface area contributed by atoms with Gasteiger partial charge in [0.05, 0.1) is 6.54 Å². The highest BCUT2D eigenvalue weighted by Crippen LogP contribution is 2.23. The molecule has 0 spiro atoms. The number of urea groups is 1. The predicted molar refractivity (Wildman–Crippen MR) is 129 cm³/mol. The van der Waals surface area contributed by atoms with Crippen molar-refractivity contribution in [3.8, 4) is 0 Å². The van der Waals surface area contributed by atoms with Crippen LogP contribution in [-0.2, 0) is 13.1 Å². The largest absolute Gasteiger partial charge is 0.345 e. The molecule has 0 radical (unpaired) electrons. The van der Waals surface area contributed by atoms with E-state index in [0.29, 0.717) is 12.5 Å². The number of anilines is 1. The first-order valence-corrected chi connectivity index (χ1v) is 11.1. The third-order valence-corrected chi connectivity index (χ3v) is 6.12. The summed E-state index contributed by atoms with van der Waals surface area (Å²) < 4.78 is 2.24. The van der Waals surface area contributed by atoms with Crippen LogP contribution in [0.4, 0.5) is 10.5 Å². The molecule has 4 nitrogen and oxygen atoms in total. The second-order valence-electron chi connectivity index (χ2n) is 8.93. The van der Waals surface area contributed by atoms with Gasteiger partial charge in [-0.2, -0.15) is 0 Å². The van der Waals surface area contributed by atoms with Crippen LogP contribution < -0.4 is 5.32 Å². The van der Waals surface area contributed by atoms with E-state index in [2.05, 4.69) is 80.2 Å². The number of hydrogen-bond acceptors (Lipinski definition) is 1. The standard InChI is InChI=1S/C27H35N3O/c1-19(2)23(6)30(27(31)28-26-21(4)11-8-12-22(26)5)18-25-14-9-15-29(25)17-24-13-7-10-20(3)16-24/h7-16,19,23H,17-18H2,1-6H3,(H,28,31)/t23-/m0/s1. The fourth-order valence-corrected chi connectivity index (χ4v) is 3.88. The number of aryl methyl sites for hydroxylation is 3. The fourth-order valence-electron chi connectivity index (χ4n) is 3.88. The maximum atomic E-state index is 13.4. The number of nitrogens with one attached hydrogen (secondary N) is 1. The molecular weight excluding hydrogens is 382 g/mol. The van der Waals surface area contributed by atoms with Crippen LogP contribution in [0, 0.1) is 26.7 Å². The topological polar surface area (TPSA) is 37.3 Å². The molecule has 2 aromatic carbocycles. The minimum atomic E-state index is -0.0538. The third kappa shape index (κ3) is 5.57. The van der Waals surface area contributed by atoms with Crippen LogP contribution in [-0.4, -0.2) is 21.5 Å². The minimum absolute atomic E-state index is 0.0538. The summed E-state index contributed by atoms with van der Waals surface area (Å²) in [6.07, 6.45) is 2.10. The van der Waals surface area contributed by atoms with Crippen LogP contribution in [0.25, 0.3) is 0 Å². The van der Waals surface area contributed by atoms with Crippen molar-refractivity contribution < 1.29 is 4.79 Å². The predicted octanol–water partition coefficient (Wildman–Crippen LogP) is 6.54. The minimum Gasteiger partial charge on any atom is -0.345 e. The Morgan fingerprint density at radius 2 is 1.65 bits per heavy atom. The van der Waals surface area contributed by atoms with Gasteiger partial charge in [-0.1, -0.05) is 61.9 Å². The first-order chi connectivity index (χ1) is 14.8. The van der Waals surface area contributed by atoms with Gasteiger partial charge >= 0.3 is 6.03 Å². The Bertz CT molecular complexity index is 1010. The number of amides is 2. The molecule has 1 heterocycles. The first-order valence-electron chi connectivity index (χ1n) is 11.1. The van der Waals surface area contributed by atoms with Gasteiger partial charge in [-0.3, -0.25) is 0 Å². The van der Waals surface area contributed by atoms with Crippen molar-refractivity contribution in [2.24, 2.45) is 5.92 Å². The highest BCUT2D eigenvalue weighted by atomic mass is 16.2. The quantitative estimate of drug-likeness (QED) is 0.465. The van der Waals surface area contributed by atoms with Crippen molar-refractivity contribution in [1.82, 2.24) is 9.47 Å². The Hall–Kier alpha value is -3.01. The van der Waals surface area contributed by atoms with E-state index in [9.17, 15) is 4.79 Å². The van der Waals surface area contributed by atoms with Crippen molar-refractivity contribution in [2.75, 3.05) is 5.32 Å². The molecule has 1 aromatic heterocycles. The van der Waals surface area contributed by atoms with Crippen LogP contribution in [0.2, 0.25) is 0 Å². The lowest BCUT2D eigenvalue weighted by atomic mass is 10.0. The van der Waals surface area contributed by atoms with Gasteiger partial charge in [-0.25, -0.2) is 4.79 Å². The van der Waals surface area contributed by atoms with Gasteiger partial charge in [-0.05, 0) is 62.4 Å². The lowest BCUT2D eigenvalue weighted by Crippen LogP contribution is -2.44. The number of benzene rings is 2. The third-order valence-electron chi connectivity index (χ3n) is 6.12. The van der Waals surface area contributed by atoms with E-state index in [1.165, 1.54) is 11.1 Å².